The third-order valence-corrected chi connectivity index (χ3v) is 4.74. The molecule has 1 amide bonds. The molecule has 1 heterocycles. The molecule has 1 aromatic carbocycles. The number of guanidine groups is 1. The molecule has 16 N–H and O–H groups in total. The molecule has 3 atom stereocenters. The Hall–Kier alpha value is -4.21. The number of carboxylic acid groups (broad SMARTS) is 3. The summed E-state index contributed by atoms with van der Waals surface area (Å²) in [5.74, 6) is -3.60. The van der Waals surface area contributed by atoms with Crippen molar-refractivity contribution in [1.82, 2.24) is 4.98 Å². The number of primary amides is 1. The number of aromatic nitrogens is 1. The first kappa shape index (κ1) is 32.8. The fraction of sp³-hybridized carbons (Fsp3) is 0.409. The Morgan fingerprint density at radius 3 is 1.89 bits per heavy atom. The van der Waals surface area contributed by atoms with Gasteiger partial charge in [-0.15, -0.1) is 0 Å². The predicted octanol–water partition coefficient (Wildman–Crippen LogP) is -1.76. The molecule has 0 saturated heterocycles. The average Bonchev–Trinajstić information content (AvgIpc) is 3.23. The highest BCUT2D eigenvalue weighted by atomic mass is 16.4. The van der Waals surface area contributed by atoms with Crippen LogP contribution >= 0.6 is 0 Å². The third kappa shape index (κ3) is 14.7. The molecule has 0 aliphatic rings. The summed E-state index contributed by atoms with van der Waals surface area (Å²) < 4.78 is 0. The number of rotatable bonds is 12. The van der Waals surface area contributed by atoms with Crippen LogP contribution in [0, 0.1) is 0 Å². The molecular weight excluding hydrogens is 488 g/mol. The van der Waals surface area contributed by atoms with Gasteiger partial charge in [0.2, 0.25) is 5.91 Å². The van der Waals surface area contributed by atoms with Crippen LogP contribution in [0.1, 0.15) is 31.2 Å². The van der Waals surface area contributed by atoms with Gasteiger partial charge in [-0.05, 0) is 30.9 Å². The van der Waals surface area contributed by atoms with Gasteiger partial charge < -0.3 is 54.7 Å². The first-order valence-electron chi connectivity index (χ1n) is 11.1. The van der Waals surface area contributed by atoms with Gasteiger partial charge in [0.05, 0.1) is 0 Å². The lowest BCUT2D eigenvalue weighted by Gasteiger charge is -2.04. The van der Waals surface area contributed by atoms with E-state index >= 15 is 0 Å². The number of para-hydroxylation sites is 1. The molecule has 1 aromatic heterocycles. The number of hydrogen-bond donors (Lipinski definition) is 10. The first-order valence-corrected chi connectivity index (χ1v) is 11.1. The van der Waals surface area contributed by atoms with Crippen molar-refractivity contribution >= 4 is 40.7 Å². The van der Waals surface area contributed by atoms with Crippen molar-refractivity contribution in [2.75, 3.05) is 6.54 Å². The average molecular weight is 525 g/mol. The van der Waals surface area contributed by atoms with Gasteiger partial charge in [-0.1, -0.05) is 18.2 Å². The van der Waals surface area contributed by atoms with E-state index in [2.05, 4.69) is 9.98 Å². The fourth-order valence-corrected chi connectivity index (χ4v) is 2.69. The van der Waals surface area contributed by atoms with Gasteiger partial charge in [-0.2, -0.15) is 0 Å². The van der Waals surface area contributed by atoms with Crippen molar-refractivity contribution in [3.8, 4) is 0 Å². The van der Waals surface area contributed by atoms with Gasteiger partial charge in [0.25, 0.3) is 0 Å². The lowest BCUT2D eigenvalue weighted by Crippen LogP contribution is -2.32. The molecule has 0 fully saturated rings. The number of carbonyl (C=O) groups is 4. The SMILES string of the molecule is NC(=O)CC[C@H](N)C(=O)O.NC(N)=NCCC[C@H](N)C(=O)O.N[C@@H](Cc1c[nH]c2ccccc12)C(=O)O. The molecule has 0 aliphatic carbocycles. The second kappa shape index (κ2) is 17.3. The van der Waals surface area contributed by atoms with E-state index in [1.165, 1.54) is 0 Å². The molecule has 0 spiro atoms. The molecule has 0 unspecified atom stereocenters. The Balaban J connectivity index is 0.000000540. The molecule has 2 aromatic rings. The van der Waals surface area contributed by atoms with Crippen LogP contribution in [-0.4, -0.2) is 74.7 Å². The van der Waals surface area contributed by atoms with Crippen LogP contribution in [0.15, 0.2) is 35.5 Å². The number of H-pyrrole nitrogens is 1. The number of nitrogens with two attached hydrogens (primary N) is 6. The van der Waals surface area contributed by atoms with Gasteiger partial charge in [0.1, 0.15) is 18.1 Å². The number of carboxylic acids is 3. The first-order chi connectivity index (χ1) is 17.3. The summed E-state index contributed by atoms with van der Waals surface area (Å²) >= 11 is 0. The standard InChI is InChI=1S/C11H12N2O2.C6H14N4O2.C5H10N2O3/c12-9(11(14)15)5-7-6-13-10-4-2-1-3-8(7)10;7-4(5(11)12)2-1-3-10-6(8)9;6-3(5(9)10)1-2-4(7)8/h1-4,6,9,13H,5,12H2,(H,14,15);4H,1-3,7H2,(H,11,12)(H4,8,9,10);3H,1-2,6H2,(H2,7,8)(H,9,10)/t9-;4-;3-/m000/s1. The van der Waals surface area contributed by atoms with Crippen molar-refractivity contribution in [3.63, 3.8) is 0 Å². The van der Waals surface area contributed by atoms with Gasteiger partial charge in [-0.25, -0.2) is 0 Å². The maximum absolute atomic E-state index is 10.6. The van der Waals surface area contributed by atoms with Crippen LogP contribution in [-0.2, 0) is 25.6 Å². The van der Waals surface area contributed by atoms with E-state index < -0.39 is 41.9 Å². The number of aliphatic imine (C=N–C) groups is 1. The van der Waals surface area contributed by atoms with E-state index in [9.17, 15) is 19.2 Å². The molecule has 0 bridgehead atoms. The maximum Gasteiger partial charge on any atom is 0.320 e. The van der Waals surface area contributed by atoms with Crippen LogP contribution in [0.25, 0.3) is 10.9 Å². The maximum atomic E-state index is 10.6. The second-order valence-electron chi connectivity index (χ2n) is 7.85. The van der Waals surface area contributed by atoms with Crippen molar-refractivity contribution in [2.45, 2.75) is 50.2 Å². The number of fused-ring (bicyclic) bond motifs is 1. The Labute approximate surface area is 212 Å². The van der Waals surface area contributed by atoms with Crippen molar-refractivity contribution < 1.29 is 34.5 Å². The molecule has 37 heavy (non-hydrogen) atoms. The number of amides is 1. The highest BCUT2D eigenvalue weighted by Crippen LogP contribution is 2.18. The molecule has 15 heteroatoms. The Bertz CT molecular complexity index is 1050. The smallest absolute Gasteiger partial charge is 0.320 e. The molecule has 2 rings (SSSR count). The zero-order valence-electron chi connectivity index (χ0n) is 20.2. The van der Waals surface area contributed by atoms with Crippen molar-refractivity contribution in [3.05, 3.63) is 36.0 Å². The second-order valence-corrected chi connectivity index (χ2v) is 7.85. The minimum atomic E-state index is -1.11. The molecule has 15 nitrogen and oxygen atoms in total. The lowest BCUT2D eigenvalue weighted by atomic mass is 10.1. The lowest BCUT2D eigenvalue weighted by molar-refractivity contribution is -0.139. The minimum absolute atomic E-state index is 0.0129. The monoisotopic (exact) mass is 524 g/mol. The van der Waals surface area contributed by atoms with Crippen LogP contribution in [0.5, 0.6) is 0 Å². The summed E-state index contributed by atoms with van der Waals surface area (Å²) in [5, 5.41) is 26.4. The van der Waals surface area contributed by atoms with Crippen molar-refractivity contribution in [1.29, 1.82) is 0 Å². The number of benzene rings is 1. The largest absolute Gasteiger partial charge is 0.480 e. The molecule has 0 saturated carbocycles. The van der Waals surface area contributed by atoms with Gasteiger partial charge in [0.15, 0.2) is 5.96 Å². The van der Waals surface area contributed by atoms with Crippen LogP contribution in [0.3, 0.4) is 0 Å². The van der Waals surface area contributed by atoms with E-state index in [0.717, 1.165) is 16.5 Å². The minimum Gasteiger partial charge on any atom is -0.480 e. The molecule has 0 aliphatic heterocycles. The number of aromatic amines is 1. The van der Waals surface area contributed by atoms with E-state index in [0.29, 0.717) is 25.8 Å². The summed E-state index contributed by atoms with van der Waals surface area (Å²) in [7, 11) is 0. The van der Waals surface area contributed by atoms with Gasteiger partial charge >= 0.3 is 17.9 Å². The fourth-order valence-electron chi connectivity index (χ4n) is 2.69. The molecule has 206 valence electrons. The summed E-state index contributed by atoms with van der Waals surface area (Å²) in [6.07, 6.45) is 3.24. The van der Waals surface area contributed by atoms with Crippen LogP contribution < -0.4 is 34.4 Å². The highest BCUT2D eigenvalue weighted by Gasteiger charge is 2.14. The highest BCUT2D eigenvalue weighted by molar-refractivity contribution is 5.84. The number of carbonyl (C=O) groups excluding carboxylic acids is 1. The van der Waals surface area contributed by atoms with E-state index in [4.69, 9.17) is 49.7 Å². The third-order valence-electron chi connectivity index (χ3n) is 4.74. The van der Waals surface area contributed by atoms with Gasteiger partial charge in [-0.3, -0.25) is 24.2 Å². The quantitative estimate of drug-likeness (QED) is 0.0838. The topological polar surface area (TPSA) is 313 Å². The van der Waals surface area contributed by atoms with E-state index in [1.54, 1.807) is 0 Å². The van der Waals surface area contributed by atoms with E-state index in [-0.39, 0.29) is 18.8 Å². The number of nitrogens with zero attached hydrogens (tertiary/aromatic N) is 1. The van der Waals surface area contributed by atoms with E-state index in [1.807, 2.05) is 30.5 Å². The van der Waals surface area contributed by atoms with Gasteiger partial charge in [0, 0.05) is 36.5 Å². The Morgan fingerprint density at radius 1 is 0.838 bits per heavy atom. The van der Waals surface area contributed by atoms with Crippen LogP contribution in [0.4, 0.5) is 0 Å². The summed E-state index contributed by atoms with van der Waals surface area (Å²) in [6.45, 7) is 0.420. The normalized spacial score (nSPS) is 12.5. The number of nitrogens with one attached hydrogen (secondary N) is 1. The molecular formula is C22H36N8O7. The predicted molar refractivity (Wildman–Crippen MR) is 137 cm³/mol. The Kier molecular flexibility index (Phi) is 15.3. The summed E-state index contributed by atoms with van der Waals surface area (Å²) in [4.78, 5) is 47.7. The summed E-state index contributed by atoms with van der Waals surface area (Å²) in [6, 6.07) is 5.11. The number of aliphatic carboxylic acids is 3. The summed E-state index contributed by atoms with van der Waals surface area (Å²) in [5.41, 5.74) is 32.6. The van der Waals surface area contributed by atoms with Crippen LogP contribution in [0.2, 0.25) is 0 Å². The molecule has 0 radical (unpaired) electrons. The Morgan fingerprint density at radius 2 is 1.38 bits per heavy atom. The zero-order valence-corrected chi connectivity index (χ0v) is 20.2. The number of hydrogen-bond acceptors (Lipinski definition) is 8. The van der Waals surface area contributed by atoms with Crippen molar-refractivity contribution in [2.24, 2.45) is 39.4 Å². The zero-order chi connectivity index (χ0) is 28.5.